The van der Waals surface area contributed by atoms with Crippen LogP contribution in [0.5, 0.6) is 0 Å². The van der Waals surface area contributed by atoms with Crippen LogP contribution in [-0.4, -0.2) is 5.76 Å². The Labute approximate surface area is 120 Å². The van der Waals surface area contributed by atoms with Crippen molar-refractivity contribution < 1.29 is 13.2 Å². The average molecular weight is 297 g/mol. The summed E-state index contributed by atoms with van der Waals surface area (Å²) in [5, 5.41) is 3.14. The smallest absolute Gasteiger partial charge is 0.288 e. The van der Waals surface area contributed by atoms with Gasteiger partial charge in [-0.3, -0.25) is 0 Å². The van der Waals surface area contributed by atoms with Gasteiger partial charge in [-0.2, -0.15) is 8.78 Å². The molecule has 0 bridgehead atoms. The van der Waals surface area contributed by atoms with Crippen molar-refractivity contribution in [1.82, 2.24) is 0 Å². The molecule has 2 aromatic rings. The van der Waals surface area contributed by atoms with Crippen molar-refractivity contribution in [2.75, 3.05) is 5.32 Å². The topological polar surface area (TPSA) is 12.0 Å². The van der Waals surface area contributed by atoms with Crippen LogP contribution in [0.4, 0.5) is 18.9 Å². The van der Waals surface area contributed by atoms with Gasteiger partial charge in [0.05, 0.1) is 6.04 Å². The van der Waals surface area contributed by atoms with Gasteiger partial charge in [-0.15, -0.1) is 0 Å². The Morgan fingerprint density at radius 2 is 1.65 bits per heavy atom. The lowest BCUT2D eigenvalue weighted by molar-refractivity contribution is 0.252. The lowest BCUT2D eigenvalue weighted by atomic mass is 10.1. The molecule has 1 N–H and O–H groups in total. The molecule has 1 nitrogen and oxygen atoms in total. The van der Waals surface area contributed by atoms with Gasteiger partial charge in [0, 0.05) is 16.1 Å². The summed E-state index contributed by atoms with van der Waals surface area (Å²) >= 11 is 0.504. The maximum Gasteiger partial charge on any atom is 0.288 e. The van der Waals surface area contributed by atoms with Crippen LogP contribution in [-0.2, 0) is 0 Å². The third kappa shape index (κ3) is 3.93. The molecule has 0 radical (unpaired) electrons. The molecule has 1 unspecified atom stereocenters. The number of nitrogens with one attached hydrogen (secondary N) is 1. The molecule has 0 aromatic heterocycles. The molecule has 0 saturated heterocycles. The molecule has 0 aliphatic heterocycles. The molecule has 0 heterocycles. The number of rotatable bonds is 5. The SMILES string of the molecule is CC(Nc1ccc(SC(F)F)cc1)c1ccccc1F. The van der Waals surface area contributed by atoms with Gasteiger partial charge in [-0.05, 0) is 37.3 Å². The summed E-state index contributed by atoms with van der Waals surface area (Å²) in [6.45, 7) is 1.85. The highest BCUT2D eigenvalue weighted by atomic mass is 32.2. The van der Waals surface area contributed by atoms with Gasteiger partial charge in [0.1, 0.15) is 5.82 Å². The van der Waals surface area contributed by atoms with Gasteiger partial charge in [0.25, 0.3) is 5.76 Å². The van der Waals surface area contributed by atoms with Gasteiger partial charge in [0.15, 0.2) is 0 Å². The molecule has 0 aliphatic rings. The average Bonchev–Trinajstić information content (AvgIpc) is 2.41. The molecule has 2 rings (SSSR count). The summed E-state index contributed by atoms with van der Waals surface area (Å²) in [7, 11) is 0. The number of anilines is 1. The third-order valence-corrected chi connectivity index (χ3v) is 3.56. The molecule has 20 heavy (non-hydrogen) atoms. The van der Waals surface area contributed by atoms with E-state index in [0.29, 0.717) is 22.2 Å². The quantitative estimate of drug-likeness (QED) is 0.750. The standard InChI is InChI=1S/C15H14F3NS/c1-10(13-4-2-3-5-14(13)16)19-11-6-8-12(9-7-11)20-15(17)18/h2-10,15,19H,1H3. The fourth-order valence-electron chi connectivity index (χ4n) is 1.89. The first kappa shape index (κ1) is 14.8. The van der Waals surface area contributed by atoms with E-state index < -0.39 is 5.76 Å². The largest absolute Gasteiger partial charge is 0.378 e. The van der Waals surface area contributed by atoms with Crippen molar-refractivity contribution in [1.29, 1.82) is 0 Å². The van der Waals surface area contributed by atoms with E-state index in [0.717, 1.165) is 5.69 Å². The van der Waals surface area contributed by atoms with Crippen LogP contribution in [0.25, 0.3) is 0 Å². The molecule has 0 spiro atoms. The van der Waals surface area contributed by atoms with E-state index in [1.165, 1.54) is 6.07 Å². The summed E-state index contributed by atoms with van der Waals surface area (Å²) in [4.78, 5) is 0.504. The molecule has 0 amide bonds. The van der Waals surface area contributed by atoms with E-state index in [1.807, 2.05) is 6.92 Å². The van der Waals surface area contributed by atoms with Gasteiger partial charge in [-0.1, -0.05) is 30.0 Å². The Hall–Kier alpha value is -1.62. The molecule has 106 valence electrons. The lowest BCUT2D eigenvalue weighted by Crippen LogP contribution is -2.08. The normalized spacial score (nSPS) is 12.4. The fraction of sp³-hybridized carbons (Fsp3) is 0.200. The summed E-state index contributed by atoms with van der Waals surface area (Å²) < 4.78 is 38.0. The number of alkyl halides is 2. The van der Waals surface area contributed by atoms with Crippen LogP contribution < -0.4 is 5.32 Å². The number of hydrogen-bond donors (Lipinski definition) is 1. The summed E-state index contributed by atoms with van der Waals surface area (Å²) in [5.74, 6) is -2.69. The molecule has 5 heteroatoms. The first-order valence-electron chi connectivity index (χ1n) is 6.12. The number of hydrogen-bond acceptors (Lipinski definition) is 2. The van der Waals surface area contributed by atoms with Gasteiger partial charge < -0.3 is 5.32 Å². The first-order valence-corrected chi connectivity index (χ1v) is 7.00. The Kier molecular flexibility index (Phi) is 4.95. The Balaban J connectivity index is 2.05. The van der Waals surface area contributed by atoms with Crippen molar-refractivity contribution in [3.63, 3.8) is 0 Å². The lowest BCUT2D eigenvalue weighted by Gasteiger charge is -2.16. The Bertz CT molecular complexity index is 557. The van der Waals surface area contributed by atoms with Crippen molar-refractivity contribution in [2.45, 2.75) is 23.6 Å². The molecule has 0 fully saturated rings. The van der Waals surface area contributed by atoms with Crippen molar-refractivity contribution in [2.24, 2.45) is 0 Å². The molecule has 0 saturated carbocycles. The van der Waals surface area contributed by atoms with Gasteiger partial charge >= 0.3 is 0 Å². The second-order valence-corrected chi connectivity index (χ2v) is 5.35. The monoisotopic (exact) mass is 297 g/mol. The van der Waals surface area contributed by atoms with Crippen molar-refractivity contribution >= 4 is 17.4 Å². The zero-order valence-corrected chi connectivity index (χ0v) is 11.6. The highest BCUT2D eigenvalue weighted by Gasteiger charge is 2.10. The summed E-state index contributed by atoms with van der Waals surface area (Å²) in [6, 6.07) is 13.0. The predicted octanol–water partition coefficient (Wildman–Crippen LogP) is 5.31. The van der Waals surface area contributed by atoms with Crippen LogP contribution in [0.15, 0.2) is 53.4 Å². The Morgan fingerprint density at radius 3 is 2.25 bits per heavy atom. The minimum Gasteiger partial charge on any atom is -0.378 e. The highest BCUT2D eigenvalue weighted by Crippen LogP contribution is 2.27. The molecule has 1 atom stereocenters. The van der Waals surface area contributed by atoms with Crippen LogP contribution in [0.3, 0.4) is 0 Å². The van der Waals surface area contributed by atoms with Gasteiger partial charge in [0.2, 0.25) is 0 Å². The van der Waals surface area contributed by atoms with Crippen LogP contribution in [0, 0.1) is 5.82 Å². The zero-order valence-electron chi connectivity index (χ0n) is 10.8. The third-order valence-electron chi connectivity index (χ3n) is 2.83. The number of thioether (sulfide) groups is 1. The van der Waals surface area contributed by atoms with E-state index in [4.69, 9.17) is 0 Å². The summed E-state index contributed by atoms with van der Waals surface area (Å²) in [6.07, 6.45) is 0. The predicted molar refractivity (Wildman–Crippen MR) is 76.7 cm³/mol. The van der Waals surface area contributed by atoms with E-state index in [2.05, 4.69) is 5.32 Å². The zero-order chi connectivity index (χ0) is 14.5. The maximum atomic E-state index is 13.6. The van der Waals surface area contributed by atoms with Crippen LogP contribution in [0.2, 0.25) is 0 Å². The summed E-state index contributed by atoms with van der Waals surface area (Å²) in [5.41, 5.74) is 1.33. The number of halogens is 3. The van der Waals surface area contributed by atoms with E-state index in [-0.39, 0.29) is 11.9 Å². The van der Waals surface area contributed by atoms with Gasteiger partial charge in [-0.25, -0.2) is 4.39 Å². The highest BCUT2D eigenvalue weighted by molar-refractivity contribution is 7.99. The van der Waals surface area contributed by atoms with E-state index in [9.17, 15) is 13.2 Å². The van der Waals surface area contributed by atoms with E-state index in [1.54, 1.807) is 42.5 Å². The molecular formula is C15H14F3NS. The second-order valence-electron chi connectivity index (χ2n) is 4.29. The van der Waals surface area contributed by atoms with Crippen molar-refractivity contribution in [3.8, 4) is 0 Å². The Morgan fingerprint density at radius 1 is 1.00 bits per heavy atom. The van der Waals surface area contributed by atoms with Crippen molar-refractivity contribution in [3.05, 3.63) is 59.9 Å². The van der Waals surface area contributed by atoms with Crippen LogP contribution >= 0.6 is 11.8 Å². The second kappa shape index (κ2) is 6.70. The number of benzene rings is 2. The fourth-order valence-corrected chi connectivity index (χ4v) is 2.39. The first-order chi connectivity index (χ1) is 9.56. The van der Waals surface area contributed by atoms with Crippen LogP contribution in [0.1, 0.15) is 18.5 Å². The minimum atomic E-state index is -2.42. The molecule has 0 aliphatic carbocycles. The maximum absolute atomic E-state index is 13.6. The molecule has 2 aromatic carbocycles. The molecular weight excluding hydrogens is 283 g/mol. The minimum absolute atomic E-state index is 0.204. The van der Waals surface area contributed by atoms with E-state index >= 15 is 0 Å².